The Hall–Kier alpha value is -1.55. The lowest BCUT2D eigenvalue weighted by Gasteiger charge is -2.35. The number of piperidine rings is 1. The van der Waals surface area contributed by atoms with Crippen LogP contribution in [-0.2, 0) is 9.53 Å². The highest BCUT2D eigenvalue weighted by Crippen LogP contribution is 2.25. The van der Waals surface area contributed by atoms with Crippen molar-refractivity contribution in [1.82, 2.24) is 15.5 Å². The van der Waals surface area contributed by atoms with Crippen molar-refractivity contribution in [2.75, 3.05) is 47.4 Å². The molecule has 7 nitrogen and oxygen atoms in total. The molecule has 1 heterocycles. The molecule has 1 aliphatic rings. The number of halogens is 1. The third-order valence-corrected chi connectivity index (χ3v) is 4.87. The summed E-state index contributed by atoms with van der Waals surface area (Å²) in [5.74, 6) is 1.32. The van der Waals surface area contributed by atoms with Crippen LogP contribution in [0.4, 0.5) is 0 Å². The van der Waals surface area contributed by atoms with E-state index in [2.05, 4.69) is 37.4 Å². The summed E-state index contributed by atoms with van der Waals surface area (Å²) in [6.07, 6.45) is 4.08. The van der Waals surface area contributed by atoms with Crippen LogP contribution < -0.4 is 15.4 Å². The molecule has 0 aromatic heterocycles. The van der Waals surface area contributed by atoms with Crippen molar-refractivity contribution in [3.05, 3.63) is 29.8 Å². The third kappa shape index (κ3) is 7.83. The van der Waals surface area contributed by atoms with Crippen LogP contribution in [0.3, 0.4) is 0 Å². The topological polar surface area (TPSA) is 75.2 Å². The van der Waals surface area contributed by atoms with Gasteiger partial charge in [-0.3, -0.25) is 14.7 Å². The number of ether oxygens (including phenoxy) is 2. The molecule has 158 valence electrons. The fourth-order valence-corrected chi connectivity index (χ4v) is 3.31. The van der Waals surface area contributed by atoms with E-state index in [9.17, 15) is 4.79 Å². The first kappa shape index (κ1) is 24.5. The zero-order valence-electron chi connectivity index (χ0n) is 17.1. The van der Waals surface area contributed by atoms with Gasteiger partial charge in [0.2, 0.25) is 0 Å². The highest BCUT2D eigenvalue weighted by molar-refractivity contribution is 14.0. The first-order valence-electron chi connectivity index (χ1n) is 9.57. The van der Waals surface area contributed by atoms with E-state index in [1.807, 2.05) is 12.1 Å². The van der Waals surface area contributed by atoms with E-state index in [1.54, 1.807) is 14.2 Å². The Bertz CT molecular complexity index is 604. The van der Waals surface area contributed by atoms with Crippen LogP contribution in [0, 0.1) is 0 Å². The van der Waals surface area contributed by atoms with Gasteiger partial charge in [-0.2, -0.15) is 0 Å². The lowest BCUT2D eigenvalue weighted by molar-refractivity contribution is -0.140. The fourth-order valence-electron chi connectivity index (χ4n) is 3.31. The van der Waals surface area contributed by atoms with Crippen LogP contribution in [0.25, 0.3) is 0 Å². The van der Waals surface area contributed by atoms with Gasteiger partial charge in [0.15, 0.2) is 5.96 Å². The minimum Gasteiger partial charge on any atom is -0.497 e. The molecule has 0 aliphatic carbocycles. The summed E-state index contributed by atoms with van der Waals surface area (Å²) < 4.78 is 9.95. The summed E-state index contributed by atoms with van der Waals surface area (Å²) in [6, 6.07) is 8.54. The van der Waals surface area contributed by atoms with Crippen molar-refractivity contribution in [1.29, 1.82) is 0 Å². The molecule has 1 atom stereocenters. The molecule has 2 N–H and O–H groups in total. The van der Waals surface area contributed by atoms with Crippen molar-refractivity contribution in [2.24, 2.45) is 4.99 Å². The van der Waals surface area contributed by atoms with Crippen molar-refractivity contribution in [3.63, 3.8) is 0 Å². The van der Waals surface area contributed by atoms with Crippen LogP contribution in [0.5, 0.6) is 5.75 Å². The van der Waals surface area contributed by atoms with Gasteiger partial charge in [-0.15, -0.1) is 24.0 Å². The summed E-state index contributed by atoms with van der Waals surface area (Å²) in [6.45, 7) is 3.44. The van der Waals surface area contributed by atoms with Crippen LogP contribution in [0.1, 0.15) is 37.3 Å². The summed E-state index contributed by atoms with van der Waals surface area (Å²) in [5, 5.41) is 6.56. The van der Waals surface area contributed by atoms with Crippen LogP contribution in [-0.4, -0.2) is 64.3 Å². The molecule has 0 amide bonds. The highest BCUT2D eigenvalue weighted by atomic mass is 127. The number of carbonyl (C=O) groups excluding carboxylic acids is 1. The summed E-state index contributed by atoms with van der Waals surface area (Å²) in [4.78, 5) is 18.0. The molecular formula is C20H33IN4O3. The van der Waals surface area contributed by atoms with Crippen LogP contribution in [0.2, 0.25) is 0 Å². The number of guanidine groups is 1. The van der Waals surface area contributed by atoms with Gasteiger partial charge < -0.3 is 20.1 Å². The number of nitrogens with zero attached hydrogens (tertiary/aromatic N) is 2. The Morgan fingerprint density at radius 2 is 1.82 bits per heavy atom. The Kier molecular flexibility index (Phi) is 11.9. The molecule has 1 unspecified atom stereocenters. The average molecular weight is 504 g/mol. The number of rotatable bonds is 8. The van der Waals surface area contributed by atoms with Gasteiger partial charge in [0.25, 0.3) is 0 Å². The molecule has 28 heavy (non-hydrogen) atoms. The number of methoxy groups -OCH3 is 2. The zero-order valence-corrected chi connectivity index (χ0v) is 19.4. The monoisotopic (exact) mass is 504 g/mol. The first-order valence-corrected chi connectivity index (χ1v) is 9.57. The minimum absolute atomic E-state index is 0. The van der Waals surface area contributed by atoms with E-state index in [0.29, 0.717) is 18.9 Å². The molecule has 1 aliphatic heterocycles. The summed E-state index contributed by atoms with van der Waals surface area (Å²) in [5.41, 5.74) is 1.26. The van der Waals surface area contributed by atoms with Crippen molar-refractivity contribution < 1.29 is 14.3 Å². The number of aliphatic imine (C=N–C) groups is 1. The van der Waals surface area contributed by atoms with E-state index >= 15 is 0 Å². The number of hydrogen-bond donors (Lipinski definition) is 2. The van der Waals surface area contributed by atoms with Gasteiger partial charge in [0.1, 0.15) is 5.75 Å². The average Bonchev–Trinajstić information content (AvgIpc) is 2.73. The Morgan fingerprint density at radius 3 is 2.39 bits per heavy atom. The molecule has 0 radical (unpaired) electrons. The van der Waals surface area contributed by atoms with Crippen molar-refractivity contribution in [2.45, 2.75) is 31.7 Å². The lowest BCUT2D eigenvalue weighted by atomic mass is 10.0. The maximum absolute atomic E-state index is 11.3. The second-order valence-corrected chi connectivity index (χ2v) is 6.59. The number of carbonyl (C=O) groups is 1. The predicted octanol–water partition coefficient (Wildman–Crippen LogP) is 2.57. The molecule has 1 saturated heterocycles. The number of nitrogens with one attached hydrogen (secondary N) is 2. The Morgan fingerprint density at radius 1 is 1.14 bits per heavy atom. The molecule has 8 heteroatoms. The second-order valence-electron chi connectivity index (χ2n) is 6.59. The summed E-state index contributed by atoms with van der Waals surface area (Å²) >= 11 is 0. The van der Waals surface area contributed by atoms with E-state index in [0.717, 1.165) is 25.4 Å². The minimum atomic E-state index is -0.234. The van der Waals surface area contributed by atoms with E-state index in [-0.39, 0.29) is 36.0 Å². The van der Waals surface area contributed by atoms with E-state index in [1.165, 1.54) is 31.9 Å². The molecule has 0 spiro atoms. The maximum atomic E-state index is 11.3. The fraction of sp³-hybridized carbons (Fsp3) is 0.600. The molecular weight excluding hydrogens is 471 g/mol. The van der Waals surface area contributed by atoms with Gasteiger partial charge in [0, 0.05) is 20.1 Å². The second kappa shape index (κ2) is 13.6. The molecule has 2 rings (SSSR count). The van der Waals surface area contributed by atoms with Crippen molar-refractivity contribution >= 4 is 35.9 Å². The number of hydrogen-bond acceptors (Lipinski definition) is 5. The number of esters is 1. The highest BCUT2D eigenvalue weighted by Gasteiger charge is 2.22. The lowest BCUT2D eigenvalue weighted by Crippen LogP contribution is -2.44. The molecule has 0 saturated carbocycles. The standard InChI is InChI=1S/C20H32N4O3.HI/c1-21-20(22-12-11-19(25)27-3)23-15-18(24-13-5-4-6-14-24)16-7-9-17(26-2)10-8-16;/h7-10,18H,4-6,11-15H2,1-3H3,(H2,21,22,23);1H. The predicted molar refractivity (Wildman–Crippen MR) is 123 cm³/mol. The third-order valence-electron chi connectivity index (χ3n) is 4.87. The maximum Gasteiger partial charge on any atom is 0.307 e. The first-order chi connectivity index (χ1) is 13.2. The van der Waals surface area contributed by atoms with Gasteiger partial charge in [-0.1, -0.05) is 18.6 Å². The van der Waals surface area contributed by atoms with Crippen LogP contribution in [0.15, 0.2) is 29.3 Å². The number of likely N-dealkylation sites (tertiary alicyclic amines) is 1. The van der Waals surface area contributed by atoms with Crippen LogP contribution >= 0.6 is 24.0 Å². The van der Waals surface area contributed by atoms with Gasteiger partial charge in [-0.05, 0) is 43.6 Å². The van der Waals surface area contributed by atoms with E-state index in [4.69, 9.17) is 4.74 Å². The molecule has 1 aromatic rings. The molecule has 1 aromatic carbocycles. The van der Waals surface area contributed by atoms with E-state index < -0.39 is 0 Å². The van der Waals surface area contributed by atoms with Gasteiger partial charge in [-0.25, -0.2) is 0 Å². The molecule has 0 bridgehead atoms. The Labute approximate surface area is 185 Å². The quantitative estimate of drug-likeness (QED) is 0.246. The smallest absolute Gasteiger partial charge is 0.307 e. The summed E-state index contributed by atoms with van der Waals surface area (Å²) in [7, 11) is 4.81. The number of benzene rings is 1. The normalized spacial score (nSPS) is 15.9. The largest absolute Gasteiger partial charge is 0.497 e. The Balaban J connectivity index is 0.00000392. The molecule has 1 fully saturated rings. The SMILES string of the molecule is CN=C(NCCC(=O)OC)NCC(c1ccc(OC)cc1)N1CCCCC1.I. The van der Waals surface area contributed by atoms with Gasteiger partial charge >= 0.3 is 5.97 Å². The zero-order chi connectivity index (χ0) is 19.5. The van der Waals surface area contributed by atoms with Crippen molar-refractivity contribution in [3.8, 4) is 5.75 Å². The van der Waals surface area contributed by atoms with Gasteiger partial charge in [0.05, 0.1) is 26.7 Å².